The molecule has 0 spiro atoms. The van der Waals surface area contributed by atoms with E-state index in [1.54, 1.807) is 6.07 Å². The maximum Gasteiger partial charge on any atom is 0.315 e. The summed E-state index contributed by atoms with van der Waals surface area (Å²) in [6.45, 7) is 1.82. The summed E-state index contributed by atoms with van der Waals surface area (Å²) in [6, 6.07) is 1.40. The maximum absolute atomic E-state index is 14.9. The number of rotatable bonds is 10. The fourth-order valence-corrected chi connectivity index (χ4v) is 3.63. The van der Waals surface area contributed by atoms with Gasteiger partial charge in [-0.1, -0.05) is 10.3 Å². The van der Waals surface area contributed by atoms with E-state index in [4.69, 9.17) is 4.52 Å². The van der Waals surface area contributed by atoms with Gasteiger partial charge in [0.2, 0.25) is 5.91 Å². The van der Waals surface area contributed by atoms with Crippen LogP contribution in [-0.4, -0.2) is 73.2 Å². The Hall–Kier alpha value is -3.75. The third kappa shape index (κ3) is 6.90. The number of nitrogens with one attached hydrogen (secondary N) is 3. The highest BCUT2D eigenvalue weighted by molar-refractivity contribution is 5.79. The van der Waals surface area contributed by atoms with E-state index in [0.29, 0.717) is 5.69 Å². The number of anilines is 2. The molecule has 1 aromatic heterocycles. The normalized spacial score (nSPS) is 15.8. The van der Waals surface area contributed by atoms with Gasteiger partial charge in [-0.25, -0.2) is 14.2 Å². The first-order valence-electron chi connectivity index (χ1n) is 11.0. The van der Waals surface area contributed by atoms with Crippen LogP contribution in [0.15, 0.2) is 34.2 Å². The standard InChI is InChI=1S/C21H25F4N7O4/c1-12(28-21(34)20(24)25)17(29-35)11-26-14-8-15(22)19(16(23)9-14)31-4-3-27-32(6-5-31)18(33)10-13-2-7-36-30-13/h2,7-9,12,17,20,26-27H,3-6,10-11H2,1H3,(H,28,34). The Bertz CT molecular complexity index is 1030. The number of carbonyl (C=O) groups excluding carboxylic acids is 2. The van der Waals surface area contributed by atoms with Crippen LogP contribution in [-0.2, 0) is 16.0 Å². The number of carbonyl (C=O) groups is 2. The van der Waals surface area contributed by atoms with Gasteiger partial charge in [-0.15, -0.1) is 0 Å². The SMILES string of the molecule is CC(NC(=O)C(F)F)C(CNc1cc(F)c(N2CCNN(C(=O)Cc3ccon3)CC2)c(F)c1)N=O. The zero-order chi connectivity index (χ0) is 26.2. The number of hydrogen-bond acceptors (Lipinski definition) is 9. The van der Waals surface area contributed by atoms with Crippen molar-refractivity contribution < 1.29 is 31.7 Å². The van der Waals surface area contributed by atoms with Crippen molar-refractivity contribution in [2.45, 2.75) is 31.9 Å². The molecular weight excluding hydrogens is 490 g/mol. The maximum atomic E-state index is 14.9. The molecule has 196 valence electrons. The van der Waals surface area contributed by atoms with Gasteiger partial charge in [0.25, 0.3) is 5.91 Å². The van der Waals surface area contributed by atoms with E-state index in [9.17, 15) is 32.1 Å². The molecule has 0 radical (unpaired) electrons. The molecule has 36 heavy (non-hydrogen) atoms. The van der Waals surface area contributed by atoms with E-state index < -0.39 is 36.1 Å². The number of halogens is 4. The molecule has 1 aliphatic heterocycles. The smallest absolute Gasteiger partial charge is 0.315 e. The van der Waals surface area contributed by atoms with Crippen molar-refractivity contribution in [1.82, 2.24) is 20.9 Å². The number of benzene rings is 1. The van der Waals surface area contributed by atoms with Gasteiger partial charge >= 0.3 is 6.43 Å². The number of nitrogens with zero attached hydrogens (tertiary/aromatic N) is 4. The summed E-state index contributed by atoms with van der Waals surface area (Å²) in [5, 5.41) is 12.4. The summed E-state index contributed by atoms with van der Waals surface area (Å²) in [5.41, 5.74) is 3.09. The van der Waals surface area contributed by atoms with Gasteiger partial charge in [0.1, 0.15) is 18.0 Å². The van der Waals surface area contributed by atoms with Gasteiger partial charge in [-0.05, 0) is 19.1 Å². The second-order valence-corrected chi connectivity index (χ2v) is 8.05. The van der Waals surface area contributed by atoms with Crippen LogP contribution in [0.5, 0.6) is 0 Å². The molecule has 2 amide bonds. The Morgan fingerprint density at radius 3 is 2.56 bits per heavy atom. The summed E-state index contributed by atoms with van der Waals surface area (Å²) in [7, 11) is 0. The Labute approximate surface area is 203 Å². The van der Waals surface area contributed by atoms with Crippen molar-refractivity contribution in [3.63, 3.8) is 0 Å². The average molecular weight is 515 g/mol. The first-order chi connectivity index (χ1) is 17.2. The molecule has 2 aromatic rings. The minimum absolute atomic E-state index is 0.00727. The van der Waals surface area contributed by atoms with Gasteiger partial charge in [0.15, 0.2) is 11.6 Å². The molecule has 2 heterocycles. The molecule has 1 aromatic carbocycles. The van der Waals surface area contributed by atoms with Crippen molar-refractivity contribution in [1.29, 1.82) is 0 Å². The third-order valence-electron chi connectivity index (χ3n) is 5.53. The Morgan fingerprint density at radius 2 is 1.94 bits per heavy atom. The summed E-state index contributed by atoms with van der Waals surface area (Å²) in [4.78, 5) is 36.1. The highest BCUT2D eigenvalue weighted by Crippen LogP contribution is 2.27. The molecule has 15 heteroatoms. The molecule has 11 nitrogen and oxygen atoms in total. The first-order valence-corrected chi connectivity index (χ1v) is 11.0. The number of hydrogen-bond donors (Lipinski definition) is 3. The van der Waals surface area contributed by atoms with Gasteiger partial charge in [0.05, 0.1) is 24.7 Å². The lowest BCUT2D eigenvalue weighted by molar-refractivity contribution is -0.133. The van der Waals surface area contributed by atoms with E-state index in [-0.39, 0.29) is 56.4 Å². The van der Waals surface area contributed by atoms with E-state index in [2.05, 4.69) is 21.1 Å². The minimum Gasteiger partial charge on any atom is -0.383 e. The molecule has 1 saturated heterocycles. The van der Waals surface area contributed by atoms with Crippen molar-refractivity contribution in [2.75, 3.05) is 42.9 Å². The van der Waals surface area contributed by atoms with Gasteiger partial charge in [0, 0.05) is 37.9 Å². The molecule has 1 aliphatic rings. The lowest BCUT2D eigenvalue weighted by Gasteiger charge is -2.24. The number of amides is 2. The largest absolute Gasteiger partial charge is 0.383 e. The monoisotopic (exact) mass is 515 g/mol. The molecule has 2 unspecified atom stereocenters. The zero-order valence-corrected chi connectivity index (χ0v) is 19.2. The Morgan fingerprint density at radius 1 is 1.22 bits per heavy atom. The molecule has 1 fully saturated rings. The summed E-state index contributed by atoms with van der Waals surface area (Å²) < 4.78 is 59.3. The lowest BCUT2D eigenvalue weighted by atomic mass is 10.1. The summed E-state index contributed by atoms with van der Waals surface area (Å²) >= 11 is 0. The van der Waals surface area contributed by atoms with Crippen LogP contribution in [0.3, 0.4) is 0 Å². The third-order valence-corrected chi connectivity index (χ3v) is 5.53. The Balaban J connectivity index is 1.60. The number of hydrazine groups is 1. The topological polar surface area (TPSA) is 132 Å². The second kappa shape index (κ2) is 12.3. The van der Waals surface area contributed by atoms with Gasteiger partial charge in [-0.3, -0.25) is 14.6 Å². The quantitative estimate of drug-likeness (QED) is 0.322. The predicted octanol–water partition coefficient (Wildman–Crippen LogP) is 1.67. The van der Waals surface area contributed by atoms with Gasteiger partial charge < -0.3 is 20.1 Å². The van der Waals surface area contributed by atoms with E-state index in [1.807, 2.05) is 5.32 Å². The van der Waals surface area contributed by atoms with Crippen LogP contribution in [0.2, 0.25) is 0 Å². The average Bonchev–Trinajstić information content (AvgIpc) is 3.21. The van der Waals surface area contributed by atoms with E-state index in [0.717, 1.165) is 12.1 Å². The summed E-state index contributed by atoms with van der Waals surface area (Å²) in [5.74, 6) is -3.59. The molecule has 3 N–H and O–H groups in total. The molecule has 0 bridgehead atoms. The highest BCUT2D eigenvalue weighted by Gasteiger charge is 2.26. The second-order valence-electron chi connectivity index (χ2n) is 8.05. The molecule has 0 aliphatic carbocycles. The van der Waals surface area contributed by atoms with Crippen LogP contribution >= 0.6 is 0 Å². The predicted molar refractivity (Wildman–Crippen MR) is 120 cm³/mol. The zero-order valence-electron chi connectivity index (χ0n) is 19.2. The minimum atomic E-state index is -3.25. The first kappa shape index (κ1) is 26.8. The fourth-order valence-electron chi connectivity index (χ4n) is 3.63. The van der Waals surface area contributed by atoms with E-state index in [1.165, 1.54) is 23.1 Å². The highest BCUT2D eigenvalue weighted by atomic mass is 19.3. The van der Waals surface area contributed by atoms with Crippen molar-refractivity contribution in [2.24, 2.45) is 5.18 Å². The van der Waals surface area contributed by atoms with Crippen LogP contribution in [0.1, 0.15) is 12.6 Å². The van der Waals surface area contributed by atoms with Crippen LogP contribution in [0, 0.1) is 16.5 Å². The van der Waals surface area contributed by atoms with Crippen molar-refractivity contribution >= 4 is 23.2 Å². The number of nitroso groups, excluding NO2 is 1. The summed E-state index contributed by atoms with van der Waals surface area (Å²) in [6.07, 6.45) is -1.89. The van der Waals surface area contributed by atoms with E-state index >= 15 is 0 Å². The van der Waals surface area contributed by atoms with Crippen LogP contribution in [0.4, 0.5) is 28.9 Å². The fraction of sp³-hybridized carbons (Fsp3) is 0.476. The molecule has 3 rings (SSSR count). The Kier molecular flexibility index (Phi) is 9.16. The lowest BCUT2D eigenvalue weighted by Crippen LogP contribution is -2.45. The molecule has 2 atom stereocenters. The number of aromatic nitrogens is 1. The van der Waals surface area contributed by atoms with Gasteiger partial charge in [-0.2, -0.15) is 13.7 Å². The van der Waals surface area contributed by atoms with Crippen molar-refractivity contribution in [3.8, 4) is 0 Å². The molecular formula is C21H25F4N7O4. The van der Waals surface area contributed by atoms with Crippen molar-refractivity contribution in [3.05, 3.63) is 46.7 Å². The molecule has 0 saturated carbocycles. The van der Waals surface area contributed by atoms with Crippen LogP contribution in [0.25, 0.3) is 0 Å². The number of alkyl halides is 2. The van der Waals surface area contributed by atoms with Crippen LogP contribution < -0.4 is 21.0 Å².